The van der Waals surface area contributed by atoms with Crippen LogP contribution >= 0.6 is 11.6 Å². The Balaban J connectivity index is 1.66. The lowest BCUT2D eigenvalue weighted by Gasteiger charge is -2.34. The zero-order valence-electron chi connectivity index (χ0n) is 13.2. The fourth-order valence-corrected chi connectivity index (χ4v) is 3.08. The summed E-state index contributed by atoms with van der Waals surface area (Å²) in [6.07, 6.45) is 3.21. The van der Waals surface area contributed by atoms with Crippen LogP contribution in [-0.2, 0) is 0 Å². The fourth-order valence-electron chi connectivity index (χ4n) is 2.87. The molecule has 24 heavy (non-hydrogen) atoms. The number of hydrogen-bond acceptors (Lipinski definition) is 5. The summed E-state index contributed by atoms with van der Waals surface area (Å²) in [4.78, 5) is 13.6. The number of halogens is 2. The van der Waals surface area contributed by atoms with E-state index in [1.165, 1.54) is 12.1 Å². The van der Waals surface area contributed by atoms with E-state index in [4.69, 9.17) is 16.3 Å². The van der Waals surface area contributed by atoms with Crippen LogP contribution in [0.5, 0.6) is 5.75 Å². The first-order valence-corrected chi connectivity index (χ1v) is 8.04. The summed E-state index contributed by atoms with van der Waals surface area (Å²) >= 11 is 6.05. The van der Waals surface area contributed by atoms with E-state index in [1.807, 2.05) is 4.90 Å². The van der Waals surface area contributed by atoms with E-state index < -0.39 is 0 Å². The highest BCUT2D eigenvalue weighted by Crippen LogP contribution is 2.29. The first-order valence-electron chi connectivity index (χ1n) is 7.66. The van der Waals surface area contributed by atoms with Gasteiger partial charge in [-0.2, -0.15) is 5.10 Å². The standard InChI is InChI=1S/C16H18ClFN4O2/c1-24-14-3-2-10(18)8-12(14)20-11-4-6-22(7-5-11)13-9-19-21-16(23)15(13)17/h2-3,8-9,11,20H,4-7H2,1H3,(H,21,23). The molecule has 2 N–H and O–H groups in total. The number of nitrogens with zero attached hydrogens (tertiary/aromatic N) is 2. The molecule has 2 heterocycles. The monoisotopic (exact) mass is 352 g/mol. The third-order valence-electron chi connectivity index (χ3n) is 4.13. The second kappa shape index (κ2) is 7.09. The maximum Gasteiger partial charge on any atom is 0.285 e. The molecule has 0 unspecified atom stereocenters. The third-order valence-corrected chi connectivity index (χ3v) is 4.50. The summed E-state index contributed by atoms with van der Waals surface area (Å²) in [5.41, 5.74) is 0.896. The van der Waals surface area contributed by atoms with Crippen LogP contribution in [0.3, 0.4) is 0 Å². The molecule has 1 saturated heterocycles. The van der Waals surface area contributed by atoms with Gasteiger partial charge in [0, 0.05) is 25.2 Å². The van der Waals surface area contributed by atoms with Crippen LogP contribution in [-0.4, -0.2) is 36.4 Å². The minimum absolute atomic E-state index is 0.156. The molecule has 8 heteroatoms. The normalized spacial score (nSPS) is 15.4. The van der Waals surface area contributed by atoms with Crippen molar-refractivity contribution in [2.75, 3.05) is 30.4 Å². The fraction of sp³-hybridized carbons (Fsp3) is 0.375. The Morgan fingerprint density at radius 1 is 1.42 bits per heavy atom. The van der Waals surface area contributed by atoms with Crippen LogP contribution in [0.1, 0.15) is 12.8 Å². The van der Waals surface area contributed by atoms with Gasteiger partial charge >= 0.3 is 0 Å². The number of rotatable bonds is 4. The molecule has 1 aromatic carbocycles. The molecule has 0 spiro atoms. The lowest BCUT2D eigenvalue weighted by atomic mass is 10.0. The molecule has 6 nitrogen and oxygen atoms in total. The summed E-state index contributed by atoms with van der Waals surface area (Å²) in [5.74, 6) is 0.303. The summed E-state index contributed by atoms with van der Waals surface area (Å²) < 4.78 is 18.7. The largest absolute Gasteiger partial charge is 0.495 e. The van der Waals surface area contributed by atoms with E-state index >= 15 is 0 Å². The summed E-state index contributed by atoms with van der Waals surface area (Å²) in [6, 6.07) is 4.59. The topological polar surface area (TPSA) is 70.2 Å². The highest BCUT2D eigenvalue weighted by molar-refractivity contribution is 6.32. The van der Waals surface area contributed by atoms with Gasteiger partial charge in [0.2, 0.25) is 0 Å². The Bertz CT molecular complexity index is 775. The van der Waals surface area contributed by atoms with Crippen LogP contribution in [0.4, 0.5) is 15.8 Å². The first kappa shape index (κ1) is 16.6. The minimum Gasteiger partial charge on any atom is -0.495 e. The van der Waals surface area contributed by atoms with Gasteiger partial charge in [-0.15, -0.1) is 0 Å². The third kappa shape index (κ3) is 3.46. The maximum absolute atomic E-state index is 13.4. The van der Waals surface area contributed by atoms with Gasteiger partial charge in [0.25, 0.3) is 5.56 Å². The molecule has 1 aliphatic heterocycles. The number of anilines is 2. The van der Waals surface area contributed by atoms with Crippen molar-refractivity contribution in [2.45, 2.75) is 18.9 Å². The first-order chi connectivity index (χ1) is 11.6. The van der Waals surface area contributed by atoms with Crippen molar-refractivity contribution in [3.63, 3.8) is 0 Å². The van der Waals surface area contributed by atoms with Gasteiger partial charge in [0.05, 0.1) is 24.7 Å². The number of benzene rings is 1. The van der Waals surface area contributed by atoms with Crippen LogP contribution in [0.25, 0.3) is 0 Å². The van der Waals surface area contributed by atoms with E-state index in [1.54, 1.807) is 19.4 Å². The quantitative estimate of drug-likeness (QED) is 0.885. The number of hydrogen-bond donors (Lipinski definition) is 2. The van der Waals surface area contributed by atoms with Gasteiger partial charge in [0.15, 0.2) is 0 Å². The van der Waals surface area contributed by atoms with E-state index in [0.717, 1.165) is 25.9 Å². The molecule has 0 amide bonds. The number of methoxy groups -OCH3 is 1. The Morgan fingerprint density at radius 2 is 2.17 bits per heavy atom. The van der Waals surface area contributed by atoms with Gasteiger partial charge in [-0.3, -0.25) is 4.79 Å². The Morgan fingerprint density at radius 3 is 2.88 bits per heavy atom. The van der Waals surface area contributed by atoms with Crippen LogP contribution < -0.4 is 20.5 Å². The average molecular weight is 353 g/mol. The highest BCUT2D eigenvalue weighted by Gasteiger charge is 2.22. The smallest absolute Gasteiger partial charge is 0.285 e. The maximum atomic E-state index is 13.4. The number of aromatic nitrogens is 2. The lowest BCUT2D eigenvalue weighted by molar-refractivity contribution is 0.414. The lowest BCUT2D eigenvalue weighted by Crippen LogP contribution is -2.40. The van der Waals surface area contributed by atoms with Gasteiger partial charge in [-0.05, 0) is 25.0 Å². The Labute approximate surface area is 143 Å². The minimum atomic E-state index is -0.390. The molecule has 128 valence electrons. The van der Waals surface area contributed by atoms with Crippen molar-refractivity contribution in [3.05, 3.63) is 45.6 Å². The molecular weight excluding hydrogens is 335 g/mol. The van der Waals surface area contributed by atoms with Crippen molar-refractivity contribution in [3.8, 4) is 5.75 Å². The van der Waals surface area contributed by atoms with E-state index in [0.29, 0.717) is 17.1 Å². The van der Waals surface area contributed by atoms with Crippen molar-refractivity contribution >= 4 is 23.0 Å². The predicted molar refractivity (Wildman–Crippen MR) is 91.7 cm³/mol. The molecule has 1 aromatic heterocycles. The number of aromatic amines is 1. The Hall–Kier alpha value is -2.28. The highest BCUT2D eigenvalue weighted by atomic mass is 35.5. The van der Waals surface area contributed by atoms with Crippen molar-refractivity contribution in [2.24, 2.45) is 0 Å². The molecule has 3 rings (SSSR count). The molecule has 1 aliphatic rings. The summed E-state index contributed by atoms with van der Waals surface area (Å²) in [5, 5.41) is 9.60. The van der Waals surface area contributed by atoms with E-state index in [2.05, 4.69) is 15.5 Å². The number of piperidine rings is 1. The number of H-pyrrole nitrogens is 1. The molecule has 0 saturated carbocycles. The van der Waals surface area contributed by atoms with Gasteiger partial charge in [-0.1, -0.05) is 11.6 Å². The van der Waals surface area contributed by atoms with Gasteiger partial charge in [0.1, 0.15) is 16.6 Å². The average Bonchev–Trinajstić information content (AvgIpc) is 2.58. The van der Waals surface area contributed by atoms with Crippen LogP contribution in [0, 0.1) is 5.82 Å². The zero-order valence-corrected chi connectivity index (χ0v) is 13.9. The molecular formula is C16H18ClFN4O2. The van der Waals surface area contributed by atoms with Gasteiger partial charge < -0.3 is 15.0 Å². The SMILES string of the molecule is COc1ccc(F)cc1NC1CCN(c2cn[nH]c(=O)c2Cl)CC1. The summed E-state index contributed by atoms with van der Waals surface area (Å²) in [6.45, 7) is 1.44. The van der Waals surface area contributed by atoms with Crippen molar-refractivity contribution < 1.29 is 9.13 Å². The van der Waals surface area contributed by atoms with Crippen molar-refractivity contribution in [1.29, 1.82) is 0 Å². The van der Waals surface area contributed by atoms with E-state index in [9.17, 15) is 9.18 Å². The second-order valence-electron chi connectivity index (χ2n) is 5.65. The molecule has 2 aromatic rings. The molecule has 0 atom stereocenters. The van der Waals surface area contributed by atoms with Crippen LogP contribution in [0.15, 0.2) is 29.2 Å². The second-order valence-corrected chi connectivity index (χ2v) is 6.03. The molecule has 0 bridgehead atoms. The predicted octanol–water partition coefficient (Wildman–Crippen LogP) is 2.65. The van der Waals surface area contributed by atoms with Crippen molar-refractivity contribution in [1.82, 2.24) is 10.2 Å². The Kier molecular flexibility index (Phi) is 4.89. The van der Waals surface area contributed by atoms with Gasteiger partial charge in [-0.25, -0.2) is 9.49 Å². The summed E-state index contributed by atoms with van der Waals surface area (Å²) in [7, 11) is 1.56. The zero-order chi connectivity index (χ0) is 17.1. The van der Waals surface area contributed by atoms with Crippen LogP contribution in [0.2, 0.25) is 5.02 Å². The van der Waals surface area contributed by atoms with E-state index in [-0.39, 0.29) is 22.4 Å². The molecule has 0 aliphatic carbocycles. The number of ether oxygens (including phenoxy) is 1. The molecule has 0 radical (unpaired) electrons. The number of nitrogens with one attached hydrogen (secondary N) is 2. The molecule has 1 fully saturated rings.